The SMILES string of the molecule is CC(=O)NCC1=Cc2cc(O)ccc2OC1c1ccccc1. The molecule has 0 radical (unpaired) electrons. The van der Waals surface area contributed by atoms with Gasteiger partial charge < -0.3 is 15.2 Å². The highest BCUT2D eigenvalue weighted by atomic mass is 16.5. The Morgan fingerprint density at radius 3 is 2.73 bits per heavy atom. The second-order valence-electron chi connectivity index (χ2n) is 5.26. The van der Waals surface area contributed by atoms with Crippen molar-refractivity contribution in [3.8, 4) is 11.5 Å². The van der Waals surface area contributed by atoms with Gasteiger partial charge in [0.25, 0.3) is 0 Å². The van der Waals surface area contributed by atoms with Crippen molar-refractivity contribution in [3.63, 3.8) is 0 Å². The Balaban J connectivity index is 1.99. The number of phenolic OH excluding ortho intramolecular Hbond substituents is 1. The van der Waals surface area contributed by atoms with Gasteiger partial charge in [-0.3, -0.25) is 4.79 Å². The summed E-state index contributed by atoms with van der Waals surface area (Å²) in [5.41, 5.74) is 2.78. The number of rotatable bonds is 3. The fraction of sp³-hybridized carbons (Fsp3) is 0.167. The molecule has 0 saturated heterocycles. The monoisotopic (exact) mass is 295 g/mol. The number of benzene rings is 2. The quantitative estimate of drug-likeness (QED) is 0.915. The average molecular weight is 295 g/mol. The van der Waals surface area contributed by atoms with E-state index in [1.807, 2.05) is 36.4 Å². The largest absolute Gasteiger partial charge is 0.508 e. The Bertz CT molecular complexity index is 722. The minimum Gasteiger partial charge on any atom is -0.508 e. The molecule has 4 heteroatoms. The molecule has 1 unspecified atom stereocenters. The molecule has 0 spiro atoms. The van der Waals surface area contributed by atoms with Crippen LogP contribution in [0.2, 0.25) is 0 Å². The summed E-state index contributed by atoms with van der Waals surface area (Å²) in [4.78, 5) is 11.2. The summed E-state index contributed by atoms with van der Waals surface area (Å²) in [7, 11) is 0. The highest BCUT2D eigenvalue weighted by Gasteiger charge is 2.24. The number of hydrogen-bond donors (Lipinski definition) is 2. The molecule has 1 heterocycles. The third-order valence-corrected chi connectivity index (χ3v) is 3.56. The van der Waals surface area contributed by atoms with E-state index in [9.17, 15) is 9.90 Å². The maximum atomic E-state index is 11.2. The number of carbonyl (C=O) groups excluding carboxylic acids is 1. The molecule has 2 aromatic rings. The Kier molecular flexibility index (Phi) is 3.83. The molecule has 0 aliphatic carbocycles. The zero-order chi connectivity index (χ0) is 15.5. The van der Waals surface area contributed by atoms with Crippen LogP contribution in [0.3, 0.4) is 0 Å². The van der Waals surface area contributed by atoms with Crippen LogP contribution in [-0.4, -0.2) is 17.6 Å². The number of fused-ring (bicyclic) bond motifs is 1. The smallest absolute Gasteiger partial charge is 0.217 e. The lowest BCUT2D eigenvalue weighted by Gasteiger charge is -2.28. The molecule has 0 bridgehead atoms. The molecule has 0 fully saturated rings. The van der Waals surface area contributed by atoms with Gasteiger partial charge in [0.15, 0.2) is 0 Å². The summed E-state index contributed by atoms with van der Waals surface area (Å²) >= 11 is 0. The Labute approximate surface area is 129 Å². The number of carbonyl (C=O) groups is 1. The molecule has 22 heavy (non-hydrogen) atoms. The molecule has 0 saturated carbocycles. The summed E-state index contributed by atoms with van der Waals surface area (Å²) in [5, 5.41) is 12.4. The molecule has 1 atom stereocenters. The maximum absolute atomic E-state index is 11.2. The lowest BCUT2D eigenvalue weighted by molar-refractivity contribution is -0.118. The standard InChI is InChI=1S/C18H17NO3/c1-12(20)19-11-15-9-14-10-16(21)7-8-17(14)22-18(15)13-5-3-2-4-6-13/h2-10,18,21H,11H2,1H3,(H,19,20). The van der Waals surface area contributed by atoms with Crippen LogP contribution < -0.4 is 10.1 Å². The molecule has 0 aromatic heterocycles. The zero-order valence-electron chi connectivity index (χ0n) is 12.2. The Morgan fingerprint density at radius 1 is 1.23 bits per heavy atom. The van der Waals surface area contributed by atoms with Crippen molar-refractivity contribution in [2.24, 2.45) is 0 Å². The van der Waals surface area contributed by atoms with Gasteiger partial charge in [-0.15, -0.1) is 0 Å². The lowest BCUT2D eigenvalue weighted by Crippen LogP contribution is -2.27. The number of nitrogens with one attached hydrogen (secondary N) is 1. The maximum Gasteiger partial charge on any atom is 0.217 e. The number of aromatic hydroxyl groups is 1. The third kappa shape index (κ3) is 2.96. The topological polar surface area (TPSA) is 58.6 Å². The normalized spacial score (nSPS) is 16.2. The molecule has 4 nitrogen and oxygen atoms in total. The molecule has 3 rings (SSSR count). The number of amides is 1. The van der Waals surface area contributed by atoms with E-state index in [0.29, 0.717) is 6.54 Å². The van der Waals surface area contributed by atoms with E-state index in [1.165, 1.54) is 6.92 Å². The third-order valence-electron chi connectivity index (χ3n) is 3.56. The summed E-state index contributed by atoms with van der Waals surface area (Å²) in [5.74, 6) is 0.822. The van der Waals surface area contributed by atoms with Crippen molar-refractivity contribution in [2.45, 2.75) is 13.0 Å². The van der Waals surface area contributed by atoms with E-state index < -0.39 is 0 Å². The van der Waals surface area contributed by atoms with E-state index >= 15 is 0 Å². The van der Waals surface area contributed by atoms with Crippen molar-refractivity contribution in [3.05, 3.63) is 65.2 Å². The van der Waals surface area contributed by atoms with Gasteiger partial charge in [0.2, 0.25) is 5.91 Å². The first-order chi connectivity index (χ1) is 10.6. The first kappa shape index (κ1) is 14.2. The van der Waals surface area contributed by atoms with Crippen molar-refractivity contribution in [2.75, 3.05) is 6.54 Å². The van der Waals surface area contributed by atoms with Crippen LogP contribution in [-0.2, 0) is 4.79 Å². The molecule has 1 aliphatic heterocycles. The summed E-state index contributed by atoms with van der Waals surface area (Å²) in [6.07, 6.45) is 1.72. The first-order valence-electron chi connectivity index (χ1n) is 7.13. The van der Waals surface area contributed by atoms with Gasteiger partial charge in [-0.2, -0.15) is 0 Å². The minimum absolute atomic E-state index is 0.0885. The first-order valence-corrected chi connectivity index (χ1v) is 7.13. The van der Waals surface area contributed by atoms with Crippen LogP contribution in [0.15, 0.2) is 54.1 Å². The van der Waals surface area contributed by atoms with E-state index in [2.05, 4.69) is 5.32 Å². The van der Waals surface area contributed by atoms with E-state index in [0.717, 1.165) is 22.4 Å². The fourth-order valence-corrected chi connectivity index (χ4v) is 2.51. The van der Waals surface area contributed by atoms with Crippen LogP contribution in [0.4, 0.5) is 0 Å². The van der Waals surface area contributed by atoms with Crippen LogP contribution in [0.25, 0.3) is 6.08 Å². The Morgan fingerprint density at radius 2 is 2.00 bits per heavy atom. The minimum atomic E-state index is -0.245. The predicted molar refractivity (Wildman–Crippen MR) is 84.6 cm³/mol. The van der Waals surface area contributed by atoms with Crippen molar-refractivity contribution in [1.29, 1.82) is 0 Å². The van der Waals surface area contributed by atoms with Gasteiger partial charge >= 0.3 is 0 Å². The van der Waals surface area contributed by atoms with Crippen LogP contribution >= 0.6 is 0 Å². The molecule has 1 amide bonds. The molecular formula is C18H17NO3. The molecule has 2 aromatic carbocycles. The van der Waals surface area contributed by atoms with Gasteiger partial charge in [0.05, 0.1) is 0 Å². The highest BCUT2D eigenvalue weighted by molar-refractivity contribution is 5.74. The van der Waals surface area contributed by atoms with E-state index in [4.69, 9.17) is 4.74 Å². The van der Waals surface area contributed by atoms with Gasteiger partial charge in [-0.25, -0.2) is 0 Å². The summed E-state index contributed by atoms with van der Waals surface area (Å²) in [6.45, 7) is 1.89. The fourth-order valence-electron chi connectivity index (χ4n) is 2.51. The predicted octanol–water partition coefficient (Wildman–Crippen LogP) is 3.05. The van der Waals surface area contributed by atoms with Gasteiger partial charge in [0, 0.05) is 19.0 Å². The van der Waals surface area contributed by atoms with Gasteiger partial charge in [-0.1, -0.05) is 30.3 Å². The van der Waals surface area contributed by atoms with Crippen molar-refractivity contribution >= 4 is 12.0 Å². The summed E-state index contributed by atoms with van der Waals surface area (Å²) in [6, 6.07) is 14.9. The second-order valence-corrected chi connectivity index (χ2v) is 5.26. The van der Waals surface area contributed by atoms with Crippen LogP contribution in [0.5, 0.6) is 11.5 Å². The van der Waals surface area contributed by atoms with E-state index in [-0.39, 0.29) is 17.8 Å². The van der Waals surface area contributed by atoms with E-state index in [1.54, 1.807) is 18.2 Å². The zero-order valence-corrected chi connectivity index (χ0v) is 12.2. The van der Waals surface area contributed by atoms with Gasteiger partial charge in [-0.05, 0) is 35.4 Å². The molecule has 1 aliphatic rings. The van der Waals surface area contributed by atoms with Crippen molar-refractivity contribution in [1.82, 2.24) is 5.32 Å². The molecule has 112 valence electrons. The molecule has 2 N–H and O–H groups in total. The van der Waals surface area contributed by atoms with Crippen LogP contribution in [0.1, 0.15) is 24.2 Å². The highest BCUT2D eigenvalue weighted by Crippen LogP contribution is 2.38. The average Bonchev–Trinajstić information content (AvgIpc) is 2.52. The second kappa shape index (κ2) is 5.93. The van der Waals surface area contributed by atoms with Crippen molar-refractivity contribution < 1.29 is 14.6 Å². The Hall–Kier alpha value is -2.75. The van der Waals surface area contributed by atoms with Crippen LogP contribution in [0, 0.1) is 0 Å². The van der Waals surface area contributed by atoms with Gasteiger partial charge in [0.1, 0.15) is 17.6 Å². The number of hydrogen-bond acceptors (Lipinski definition) is 3. The summed E-state index contributed by atoms with van der Waals surface area (Å²) < 4.78 is 6.09. The number of phenols is 1. The number of ether oxygens (including phenoxy) is 1. The lowest BCUT2D eigenvalue weighted by atomic mass is 9.96. The molecular weight excluding hydrogens is 278 g/mol.